The Morgan fingerprint density at radius 3 is 2.63 bits per heavy atom. The van der Waals surface area contributed by atoms with Crippen LogP contribution >= 0.6 is 0 Å². The van der Waals surface area contributed by atoms with Gasteiger partial charge in [-0.05, 0) is 12.1 Å². The molecule has 1 heterocycles. The largest absolute Gasteiger partial charge is 0.494 e. The quantitative estimate of drug-likeness (QED) is 0.822. The van der Waals surface area contributed by atoms with Crippen LogP contribution in [0.5, 0.6) is 0 Å². The third-order valence-electron chi connectivity index (χ3n) is 2.31. The van der Waals surface area contributed by atoms with E-state index >= 15 is 0 Å². The molecule has 0 fully saturated rings. The van der Waals surface area contributed by atoms with Crippen molar-refractivity contribution < 1.29 is 22.7 Å². The van der Waals surface area contributed by atoms with Crippen LogP contribution in [-0.4, -0.2) is 27.5 Å². The minimum atomic E-state index is -3.92. The van der Waals surface area contributed by atoms with Gasteiger partial charge in [-0.25, -0.2) is 13.6 Å². The predicted molar refractivity (Wildman–Crippen MR) is 66.4 cm³/mol. The summed E-state index contributed by atoms with van der Waals surface area (Å²) in [6.45, 7) is 0.626. The van der Waals surface area contributed by atoms with Crippen LogP contribution in [-0.2, 0) is 24.3 Å². The first-order chi connectivity index (χ1) is 8.98. The molecule has 102 valence electrons. The van der Waals surface area contributed by atoms with Crippen molar-refractivity contribution in [2.75, 3.05) is 18.5 Å². The molecule has 3 N–H and O–H groups in total. The van der Waals surface area contributed by atoms with Gasteiger partial charge in [0, 0.05) is 0 Å². The summed E-state index contributed by atoms with van der Waals surface area (Å²) in [4.78, 5) is 11.7. The summed E-state index contributed by atoms with van der Waals surface area (Å²) < 4.78 is 32.8. The maximum atomic E-state index is 11.8. The smallest absolute Gasteiger partial charge is 0.294 e. The highest BCUT2D eigenvalue weighted by atomic mass is 32.2. The topological polar surface area (TPSA) is 108 Å². The molecule has 19 heavy (non-hydrogen) atoms. The second-order valence-electron chi connectivity index (χ2n) is 3.70. The molecule has 0 unspecified atom stereocenters. The molecule has 1 aromatic rings. The number of benzene rings is 1. The lowest BCUT2D eigenvalue weighted by Gasteiger charge is -2.15. The Morgan fingerprint density at radius 1 is 1.26 bits per heavy atom. The van der Waals surface area contributed by atoms with Crippen molar-refractivity contribution >= 4 is 21.6 Å². The third-order valence-corrected chi connectivity index (χ3v) is 3.28. The lowest BCUT2D eigenvalue weighted by atomic mass is 10.3. The van der Waals surface area contributed by atoms with E-state index in [-0.39, 0.29) is 22.9 Å². The molecule has 0 bridgehead atoms. The van der Waals surface area contributed by atoms with Gasteiger partial charge in [0.2, 0.25) is 15.8 Å². The Labute approximate surface area is 110 Å². The average molecular weight is 284 g/mol. The number of nitrogens with one attached hydrogen (secondary N) is 1. The molecule has 2 rings (SSSR count). The number of hydrogen-bond acceptors (Lipinski definition) is 5. The fraction of sp³-hybridized carbons (Fsp3) is 0.182. The van der Waals surface area contributed by atoms with Crippen LogP contribution in [0.25, 0.3) is 0 Å². The maximum Gasteiger partial charge on any atom is 0.294 e. The van der Waals surface area contributed by atoms with Gasteiger partial charge in [-0.1, -0.05) is 12.1 Å². The first-order valence-electron chi connectivity index (χ1n) is 5.36. The Balaban J connectivity index is 2.24. The predicted octanol–water partition coefficient (Wildman–Crippen LogP) is 0.161. The molecule has 7 nitrogen and oxygen atoms in total. The van der Waals surface area contributed by atoms with Crippen LogP contribution in [0.2, 0.25) is 0 Å². The van der Waals surface area contributed by atoms with Gasteiger partial charge >= 0.3 is 0 Å². The zero-order valence-corrected chi connectivity index (χ0v) is 10.6. The lowest BCUT2D eigenvalue weighted by molar-refractivity contribution is -0.117. The summed E-state index contributed by atoms with van der Waals surface area (Å²) in [6.07, 6.45) is 1.18. The van der Waals surface area contributed by atoms with Crippen LogP contribution in [0.1, 0.15) is 0 Å². The van der Waals surface area contributed by atoms with Crippen molar-refractivity contribution in [3.63, 3.8) is 0 Å². The minimum absolute atomic E-state index is 0.0181. The number of amides is 1. The van der Waals surface area contributed by atoms with Gasteiger partial charge in [-0.2, -0.15) is 0 Å². The van der Waals surface area contributed by atoms with E-state index in [0.29, 0.717) is 6.61 Å². The molecule has 1 amide bonds. The molecule has 0 saturated heterocycles. The molecule has 1 aromatic carbocycles. The molecule has 0 aromatic heterocycles. The molecule has 0 saturated carbocycles. The van der Waals surface area contributed by atoms with Gasteiger partial charge in [-0.3, -0.25) is 4.79 Å². The zero-order valence-electron chi connectivity index (χ0n) is 9.83. The van der Waals surface area contributed by atoms with E-state index in [4.69, 9.17) is 14.6 Å². The molecule has 0 atom stereocenters. The normalized spacial score (nSPS) is 14.9. The van der Waals surface area contributed by atoms with Crippen molar-refractivity contribution in [1.29, 1.82) is 0 Å². The van der Waals surface area contributed by atoms with Crippen LogP contribution in [0.4, 0.5) is 5.69 Å². The number of sulfonamides is 1. The van der Waals surface area contributed by atoms with Gasteiger partial charge < -0.3 is 14.8 Å². The van der Waals surface area contributed by atoms with Crippen LogP contribution in [0, 0.1) is 0 Å². The number of carbonyl (C=O) groups excluding carboxylic acids is 1. The Bertz CT molecular complexity index is 624. The second kappa shape index (κ2) is 5.29. The number of carbonyl (C=O) groups is 1. The van der Waals surface area contributed by atoms with Crippen LogP contribution in [0.3, 0.4) is 0 Å². The highest BCUT2D eigenvalue weighted by molar-refractivity contribution is 7.89. The first kappa shape index (κ1) is 13.4. The third kappa shape index (κ3) is 3.24. The average Bonchev–Trinajstić information content (AvgIpc) is 2.39. The summed E-state index contributed by atoms with van der Waals surface area (Å²) in [5, 5.41) is 7.48. The van der Waals surface area contributed by atoms with Crippen molar-refractivity contribution in [3.05, 3.63) is 36.3 Å². The molecule has 1 aliphatic rings. The molecular formula is C11H12N2O5S. The molecule has 0 spiro atoms. The Hall–Kier alpha value is -2.06. The maximum absolute atomic E-state index is 11.8. The Kier molecular flexibility index (Phi) is 3.72. The van der Waals surface area contributed by atoms with E-state index in [9.17, 15) is 13.2 Å². The van der Waals surface area contributed by atoms with Gasteiger partial charge in [0.1, 0.15) is 24.4 Å². The van der Waals surface area contributed by atoms with Crippen LogP contribution < -0.4 is 10.5 Å². The second-order valence-corrected chi connectivity index (χ2v) is 5.23. The van der Waals surface area contributed by atoms with Crippen molar-refractivity contribution in [2.24, 2.45) is 5.14 Å². The number of ether oxygens (including phenoxy) is 2. The molecular weight excluding hydrogens is 272 g/mol. The van der Waals surface area contributed by atoms with Gasteiger partial charge in [0.05, 0.1) is 5.69 Å². The molecule has 0 aliphatic carbocycles. The Morgan fingerprint density at radius 2 is 2.00 bits per heavy atom. The zero-order chi connectivity index (χ0) is 13.9. The summed E-state index contributed by atoms with van der Waals surface area (Å²) in [6, 6.07) is 5.82. The number of nitrogens with two attached hydrogens (primary N) is 1. The lowest BCUT2D eigenvalue weighted by Crippen LogP contribution is -2.23. The SMILES string of the molecule is NS(=O)(=O)c1ccccc1NC(=O)C1=COCCO1. The van der Waals surface area contributed by atoms with E-state index in [1.165, 1.54) is 24.5 Å². The van der Waals surface area contributed by atoms with Crippen molar-refractivity contribution in [2.45, 2.75) is 4.90 Å². The number of hydrogen-bond donors (Lipinski definition) is 2. The molecule has 8 heteroatoms. The molecule has 0 radical (unpaired) electrons. The monoisotopic (exact) mass is 284 g/mol. The van der Waals surface area contributed by atoms with Gasteiger partial charge in [0.15, 0.2) is 0 Å². The van der Waals surface area contributed by atoms with Gasteiger partial charge in [-0.15, -0.1) is 0 Å². The summed E-state index contributed by atoms with van der Waals surface area (Å²) in [5.74, 6) is -0.619. The minimum Gasteiger partial charge on any atom is -0.494 e. The first-order valence-corrected chi connectivity index (χ1v) is 6.91. The number of para-hydroxylation sites is 1. The van der Waals surface area contributed by atoms with E-state index in [0.717, 1.165) is 0 Å². The van der Waals surface area contributed by atoms with E-state index < -0.39 is 15.9 Å². The van der Waals surface area contributed by atoms with E-state index in [1.807, 2.05) is 0 Å². The standard InChI is InChI=1S/C11H12N2O5S/c12-19(15,16)10-4-2-1-3-8(10)13-11(14)9-7-17-5-6-18-9/h1-4,7H,5-6H2,(H,13,14)(H2,12,15,16). The van der Waals surface area contributed by atoms with Crippen molar-refractivity contribution in [1.82, 2.24) is 0 Å². The highest BCUT2D eigenvalue weighted by Gasteiger charge is 2.19. The van der Waals surface area contributed by atoms with Crippen LogP contribution in [0.15, 0.2) is 41.2 Å². The summed E-state index contributed by atoms with van der Waals surface area (Å²) >= 11 is 0. The van der Waals surface area contributed by atoms with E-state index in [2.05, 4.69) is 5.32 Å². The summed E-state index contributed by atoms with van der Waals surface area (Å²) in [5.41, 5.74) is 0.0880. The van der Waals surface area contributed by atoms with E-state index in [1.54, 1.807) is 6.07 Å². The number of anilines is 1. The fourth-order valence-corrected chi connectivity index (χ4v) is 2.18. The van der Waals surface area contributed by atoms with Gasteiger partial charge in [0.25, 0.3) is 5.91 Å². The number of primary sulfonamides is 1. The highest BCUT2D eigenvalue weighted by Crippen LogP contribution is 2.20. The molecule has 1 aliphatic heterocycles. The number of rotatable bonds is 3. The van der Waals surface area contributed by atoms with Crippen molar-refractivity contribution in [3.8, 4) is 0 Å². The fourth-order valence-electron chi connectivity index (χ4n) is 1.49. The summed E-state index contributed by atoms with van der Waals surface area (Å²) in [7, 11) is -3.92.